The van der Waals surface area contributed by atoms with Gasteiger partial charge in [-0.25, -0.2) is 0 Å². The largest absolute Gasteiger partial charge is 0.350 e. The van der Waals surface area contributed by atoms with Gasteiger partial charge < -0.3 is 20.9 Å². The molecule has 0 bridgehead atoms. The normalized spacial score (nSPS) is 19.0. The third kappa shape index (κ3) is 7.18. The Hall–Kier alpha value is -3.22. The molecule has 0 aromatic heterocycles. The molecule has 1 heterocycles. The van der Waals surface area contributed by atoms with E-state index in [9.17, 15) is 9.59 Å². The van der Waals surface area contributed by atoms with Crippen molar-refractivity contribution in [1.29, 1.82) is 0 Å². The second-order valence-electron chi connectivity index (χ2n) is 10.0. The van der Waals surface area contributed by atoms with Crippen LogP contribution in [0.1, 0.15) is 54.4 Å². The smallest absolute Gasteiger partial charge is 0.251 e. The maximum Gasteiger partial charge on any atom is 0.251 e. The second-order valence-corrected chi connectivity index (χ2v) is 10.0. The van der Waals surface area contributed by atoms with Crippen LogP contribution in [0.3, 0.4) is 0 Å². The van der Waals surface area contributed by atoms with Gasteiger partial charge in [0.15, 0.2) is 0 Å². The first-order chi connectivity index (χ1) is 18.1. The zero-order valence-corrected chi connectivity index (χ0v) is 22.1. The first kappa shape index (κ1) is 26.8. The average molecular weight is 501 g/mol. The molecule has 37 heavy (non-hydrogen) atoms. The molecule has 0 spiro atoms. The fourth-order valence-corrected chi connectivity index (χ4v) is 5.22. The number of carbonyl (C=O) groups is 2. The van der Waals surface area contributed by atoms with Crippen molar-refractivity contribution in [1.82, 2.24) is 20.9 Å². The van der Waals surface area contributed by atoms with Crippen molar-refractivity contribution in [2.75, 3.05) is 33.2 Å². The van der Waals surface area contributed by atoms with Crippen LogP contribution < -0.4 is 16.0 Å². The highest BCUT2D eigenvalue weighted by molar-refractivity contribution is 5.98. The van der Waals surface area contributed by atoms with E-state index in [0.29, 0.717) is 24.6 Å². The fourth-order valence-electron chi connectivity index (χ4n) is 5.22. The minimum atomic E-state index is -0.244. The number of rotatable bonds is 11. The van der Waals surface area contributed by atoms with Crippen LogP contribution in [0.2, 0.25) is 0 Å². The molecular weight excluding hydrogens is 460 g/mol. The molecule has 3 aromatic rings. The third-order valence-electron chi connectivity index (χ3n) is 7.44. The Morgan fingerprint density at radius 1 is 1.05 bits per heavy atom. The number of amides is 2. The van der Waals surface area contributed by atoms with Gasteiger partial charge in [-0.1, -0.05) is 67.6 Å². The van der Waals surface area contributed by atoms with E-state index in [1.54, 1.807) is 0 Å². The second kappa shape index (κ2) is 13.4. The molecule has 0 aliphatic carbocycles. The van der Waals surface area contributed by atoms with Gasteiger partial charge >= 0.3 is 0 Å². The minimum absolute atomic E-state index is 0.0368. The number of benzene rings is 3. The van der Waals surface area contributed by atoms with Crippen molar-refractivity contribution in [2.45, 2.75) is 50.6 Å². The lowest BCUT2D eigenvalue weighted by Gasteiger charge is -2.28. The fraction of sp³-hybridized carbons (Fsp3) is 0.419. The number of nitrogens with zero attached hydrogens (tertiary/aromatic N) is 1. The van der Waals surface area contributed by atoms with Crippen LogP contribution in [0.4, 0.5) is 0 Å². The van der Waals surface area contributed by atoms with Crippen molar-refractivity contribution in [2.24, 2.45) is 0 Å². The van der Waals surface area contributed by atoms with Crippen LogP contribution in [-0.2, 0) is 4.79 Å². The van der Waals surface area contributed by atoms with Gasteiger partial charge in [-0.2, -0.15) is 0 Å². The number of fused-ring (bicyclic) bond motifs is 1. The average Bonchev–Trinajstić information content (AvgIpc) is 3.09. The van der Waals surface area contributed by atoms with Gasteiger partial charge in [-0.05, 0) is 67.7 Å². The molecule has 3 atom stereocenters. The van der Waals surface area contributed by atoms with Crippen LogP contribution >= 0.6 is 0 Å². The van der Waals surface area contributed by atoms with E-state index in [4.69, 9.17) is 0 Å². The summed E-state index contributed by atoms with van der Waals surface area (Å²) in [5.41, 5.74) is 1.94. The van der Waals surface area contributed by atoms with Crippen LogP contribution in [0, 0.1) is 0 Å². The lowest BCUT2D eigenvalue weighted by Crippen LogP contribution is -2.49. The maximum atomic E-state index is 13.6. The van der Waals surface area contributed by atoms with Crippen LogP contribution in [-0.4, -0.2) is 62.0 Å². The molecule has 6 nitrogen and oxygen atoms in total. The quantitative estimate of drug-likeness (QED) is 0.343. The van der Waals surface area contributed by atoms with Gasteiger partial charge in [0, 0.05) is 37.2 Å². The van der Waals surface area contributed by atoms with Gasteiger partial charge in [0.05, 0.1) is 6.04 Å². The predicted octanol–water partition coefficient (Wildman–Crippen LogP) is 4.32. The Bertz CT molecular complexity index is 1170. The molecule has 3 aromatic carbocycles. The Morgan fingerprint density at radius 2 is 1.81 bits per heavy atom. The zero-order valence-electron chi connectivity index (χ0n) is 22.1. The molecule has 196 valence electrons. The Morgan fingerprint density at radius 3 is 2.57 bits per heavy atom. The van der Waals surface area contributed by atoms with E-state index in [1.807, 2.05) is 60.5 Å². The molecule has 1 aliphatic heterocycles. The summed E-state index contributed by atoms with van der Waals surface area (Å²) < 4.78 is 0. The topological polar surface area (TPSA) is 73.5 Å². The first-order valence-corrected chi connectivity index (χ1v) is 13.6. The molecule has 0 radical (unpaired) electrons. The third-order valence-corrected chi connectivity index (χ3v) is 7.44. The highest BCUT2D eigenvalue weighted by Gasteiger charge is 2.31. The molecule has 0 saturated carbocycles. The van der Waals surface area contributed by atoms with Crippen LogP contribution in [0.15, 0.2) is 72.8 Å². The maximum absolute atomic E-state index is 13.6. The van der Waals surface area contributed by atoms with E-state index in [1.165, 1.54) is 5.56 Å². The van der Waals surface area contributed by atoms with Gasteiger partial charge in [-0.3, -0.25) is 9.59 Å². The lowest BCUT2D eigenvalue weighted by atomic mass is 9.95. The van der Waals surface area contributed by atoms with Crippen molar-refractivity contribution in [3.63, 3.8) is 0 Å². The molecule has 4 rings (SSSR count). The predicted molar refractivity (Wildman–Crippen MR) is 151 cm³/mol. The van der Waals surface area contributed by atoms with E-state index in [0.717, 1.165) is 49.5 Å². The first-order valence-electron chi connectivity index (χ1n) is 13.6. The van der Waals surface area contributed by atoms with Crippen molar-refractivity contribution < 1.29 is 9.59 Å². The lowest BCUT2D eigenvalue weighted by molar-refractivity contribution is -0.133. The summed E-state index contributed by atoms with van der Waals surface area (Å²) >= 11 is 0. The van der Waals surface area contributed by atoms with Gasteiger partial charge in [0.1, 0.15) is 0 Å². The summed E-state index contributed by atoms with van der Waals surface area (Å²) in [5, 5.41) is 12.1. The number of carbonyl (C=O) groups excluding carboxylic acids is 2. The Labute approximate surface area is 220 Å². The molecule has 1 fully saturated rings. The van der Waals surface area contributed by atoms with Crippen molar-refractivity contribution >= 4 is 22.6 Å². The molecule has 1 aliphatic rings. The molecule has 3 unspecified atom stereocenters. The standard InChI is InChI=1S/C31H40N4O2/c1-3-23(24-10-5-4-6-11-24)22-35-19-17-28(34-29(31(35)37)14-9-18-32-2)21-33-30(36)27-16-15-25-12-7-8-13-26(25)20-27/h4-8,10-13,15-16,20,23,28-29,32,34H,3,9,14,17-19,21-22H2,1-2H3,(H,33,36). The van der Waals surface area contributed by atoms with E-state index in [-0.39, 0.29) is 23.9 Å². The van der Waals surface area contributed by atoms with E-state index >= 15 is 0 Å². The monoisotopic (exact) mass is 500 g/mol. The molecule has 6 heteroatoms. The molecule has 3 N–H and O–H groups in total. The zero-order chi connectivity index (χ0) is 26.0. The Kier molecular flexibility index (Phi) is 9.69. The Balaban J connectivity index is 1.42. The highest BCUT2D eigenvalue weighted by Crippen LogP contribution is 2.23. The summed E-state index contributed by atoms with van der Waals surface area (Å²) in [6.45, 7) is 4.96. The SMILES string of the molecule is CCC(CN1CCC(CNC(=O)c2ccc3ccccc3c2)NC(CCCNC)C1=O)c1ccccc1. The van der Waals surface area contributed by atoms with Crippen molar-refractivity contribution in [3.8, 4) is 0 Å². The number of hydrogen-bond donors (Lipinski definition) is 3. The van der Waals surface area contributed by atoms with Gasteiger partial charge in [-0.15, -0.1) is 0 Å². The summed E-state index contributed by atoms with van der Waals surface area (Å²) in [6.07, 6.45) is 3.47. The van der Waals surface area contributed by atoms with Gasteiger partial charge in [0.2, 0.25) is 5.91 Å². The summed E-state index contributed by atoms with van der Waals surface area (Å²) in [7, 11) is 1.94. The summed E-state index contributed by atoms with van der Waals surface area (Å²) in [6, 6.07) is 24.1. The molecule has 2 amide bonds. The summed E-state index contributed by atoms with van der Waals surface area (Å²) in [4.78, 5) is 28.6. The van der Waals surface area contributed by atoms with E-state index < -0.39 is 0 Å². The molecule has 1 saturated heterocycles. The number of hydrogen-bond acceptors (Lipinski definition) is 4. The molecular formula is C31H40N4O2. The summed E-state index contributed by atoms with van der Waals surface area (Å²) in [5.74, 6) is 0.406. The van der Waals surface area contributed by atoms with Crippen molar-refractivity contribution in [3.05, 3.63) is 83.9 Å². The number of nitrogens with one attached hydrogen (secondary N) is 3. The van der Waals surface area contributed by atoms with Gasteiger partial charge in [0.25, 0.3) is 5.91 Å². The van der Waals surface area contributed by atoms with Crippen LogP contribution in [0.5, 0.6) is 0 Å². The highest BCUT2D eigenvalue weighted by atomic mass is 16.2. The van der Waals surface area contributed by atoms with Crippen LogP contribution in [0.25, 0.3) is 10.8 Å². The van der Waals surface area contributed by atoms with E-state index in [2.05, 4.69) is 47.1 Å². The minimum Gasteiger partial charge on any atom is -0.350 e.